The van der Waals surface area contributed by atoms with Crippen molar-refractivity contribution in [3.8, 4) is 0 Å². The summed E-state index contributed by atoms with van der Waals surface area (Å²) in [6.07, 6.45) is 8.30. The lowest BCUT2D eigenvalue weighted by atomic mass is 9.69. The Morgan fingerprint density at radius 2 is 1.80 bits per heavy atom. The number of nitrogens with zero attached hydrogens (tertiary/aromatic N) is 3. The molecule has 0 radical (unpaired) electrons. The van der Waals surface area contributed by atoms with Crippen LogP contribution in [0.1, 0.15) is 50.5 Å². The van der Waals surface area contributed by atoms with Gasteiger partial charge in [0.1, 0.15) is 11.0 Å². The number of anilines is 2. The molecule has 5 nitrogen and oxygen atoms in total. The van der Waals surface area contributed by atoms with Gasteiger partial charge in [0, 0.05) is 36.1 Å². The van der Waals surface area contributed by atoms with Gasteiger partial charge in [0.15, 0.2) is 5.11 Å². The SMILES string of the molecule is S=C(NCC1(c2cccc(Cl)c2)CCCCC1)Nc1nc(Cl)cc(N2CCCC2)n1. The molecule has 2 fully saturated rings. The largest absolute Gasteiger partial charge is 0.361 e. The topological polar surface area (TPSA) is 53.1 Å². The quantitative estimate of drug-likeness (QED) is 0.446. The highest BCUT2D eigenvalue weighted by molar-refractivity contribution is 7.80. The van der Waals surface area contributed by atoms with E-state index >= 15 is 0 Å². The van der Waals surface area contributed by atoms with Crippen molar-refractivity contribution in [1.29, 1.82) is 0 Å². The van der Waals surface area contributed by atoms with Crippen LogP contribution in [0.4, 0.5) is 11.8 Å². The fourth-order valence-corrected chi connectivity index (χ4v) is 5.11. The number of hydrogen-bond donors (Lipinski definition) is 2. The van der Waals surface area contributed by atoms with Crippen molar-refractivity contribution in [3.63, 3.8) is 0 Å². The lowest BCUT2D eigenvalue weighted by molar-refractivity contribution is 0.292. The van der Waals surface area contributed by atoms with E-state index in [1.807, 2.05) is 18.2 Å². The number of halogens is 2. The van der Waals surface area contributed by atoms with Crippen molar-refractivity contribution in [2.24, 2.45) is 0 Å². The normalized spacial score (nSPS) is 18.3. The van der Waals surface area contributed by atoms with Crippen molar-refractivity contribution in [2.45, 2.75) is 50.4 Å². The standard InChI is InChI=1S/C22H27Cl2N5S/c23-17-8-6-7-16(13-17)22(9-2-1-3-10-22)15-25-21(30)28-20-26-18(24)14-19(27-20)29-11-4-5-12-29/h6-8,13-14H,1-5,9-12,15H2,(H2,25,26,27,28,30). The third-order valence-electron chi connectivity index (χ3n) is 6.17. The van der Waals surface area contributed by atoms with E-state index in [4.69, 9.17) is 35.4 Å². The second kappa shape index (κ2) is 9.67. The predicted octanol–water partition coefficient (Wildman–Crippen LogP) is 5.57. The summed E-state index contributed by atoms with van der Waals surface area (Å²) in [5.41, 5.74) is 1.31. The highest BCUT2D eigenvalue weighted by atomic mass is 35.5. The Labute approximate surface area is 193 Å². The maximum Gasteiger partial charge on any atom is 0.232 e. The molecule has 0 amide bonds. The van der Waals surface area contributed by atoms with Gasteiger partial charge in [-0.25, -0.2) is 4.98 Å². The molecule has 0 bridgehead atoms. The number of aromatic nitrogens is 2. The molecule has 2 aliphatic rings. The molecule has 1 saturated carbocycles. The zero-order chi connectivity index (χ0) is 21.0. The molecule has 2 heterocycles. The summed E-state index contributed by atoms with van der Waals surface area (Å²) >= 11 is 18.1. The van der Waals surface area contributed by atoms with Crippen LogP contribution in [0.2, 0.25) is 10.2 Å². The molecule has 2 aromatic rings. The highest BCUT2D eigenvalue weighted by Crippen LogP contribution is 2.39. The fourth-order valence-electron chi connectivity index (χ4n) is 4.58. The Morgan fingerprint density at radius 3 is 2.53 bits per heavy atom. The van der Waals surface area contributed by atoms with Gasteiger partial charge in [-0.05, 0) is 55.6 Å². The summed E-state index contributed by atoms with van der Waals surface area (Å²) in [7, 11) is 0. The molecule has 1 saturated heterocycles. The van der Waals surface area contributed by atoms with E-state index in [-0.39, 0.29) is 5.41 Å². The van der Waals surface area contributed by atoms with Crippen LogP contribution >= 0.6 is 35.4 Å². The summed E-state index contributed by atoms with van der Waals surface area (Å²) in [6, 6.07) is 10.0. The Kier molecular flexibility index (Phi) is 6.96. The van der Waals surface area contributed by atoms with Crippen molar-refractivity contribution in [1.82, 2.24) is 15.3 Å². The molecular formula is C22H27Cl2N5S. The highest BCUT2D eigenvalue weighted by Gasteiger charge is 2.34. The Hall–Kier alpha value is -1.63. The number of hydrogen-bond acceptors (Lipinski definition) is 4. The van der Waals surface area contributed by atoms with E-state index in [1.165, 1.54) is 37.7 Å². The van der Waals surface area contributed by atoms with E-state index in [0.29, 0.717) is 16.2 Å². The third kappa shape index (κ3) is 5.16. The van der Waals surface area contributed by atoms with Gasteiger partial charge in [0.05, 0.1) is 0 Å². The molecule has 1 aliphatic carbocycles. The molecule has 1 aliphatic heterocycles. The molecule has 0 spiro atoms. The molecule has 30 heavy (non-hydrogen) atoms. The van der Waals surface area contributed by atoms with Gasteiger partial charge < -0.3 is 15.5 Å². The van der Waals surface area contributed by atoms with Crippen LogP contribution in [0.3, 0.4) is 0 Å². The minimum Gasteiger partial charge on any atom is -0.361 e. The van der Waals surface area contributed by atoms with Gasteiger partial charge in [0.25, 0.3) is 0 Å². The van der Waals surface area contributed by atoms with E-state index in [1.54, 1.807) is 0 Å². The first kappa shape index (κ1) is 21.6. The monoisotopic (exact) mass is 463 g/mol. The smallest absolute Gasteiger partial charge is 0.232 e. The molecule has 2 N–H and O–H groups in total. The third-order valence-corrected chi connectivity index (χ3v) is 6.85. The van der Waals surface area contributed by atoms with Crippen molar-refractivity contribution in [2.75, 3.05) is 29.9 Å². The number of nitrogens with one attached hydrogen (secondary N) is 2. The maximum atomic E-state index is 6.29. The van der Waals surface area contributed by atoms with E-state index < -0.39 is 0 Å². The van der Waals surface area contributed by atoms with E-state index in [2.05, 4.69) is 37.6 Å². The van der Waals surface area contributed by atoms with Crippen LogP contribution in [0, 0.1) is 0 Å². The van der Waals surface area contributed by atoms with Gasteiger partial charge in [-0.2, -0.15) is 4.98 Å². The lowest BCUT2D eigenvalue weighted by Crippen LogP contribution is -2.43. The molecule has 1 aromatic heterocycles. The lowest BCUT2D eigenvalue weighted by Gasteiger charge is -2.38. The zero-order valence-electron chi connectivity index (χ0n) is 17.0. The van der Waals surface area contributed by atoms with Gasteiger partial charge in [-0.1, -0.05) is 54.6 Å². The summed E-state index contributed by atoms with van der Waals surface area (Å²) in [5.74, 6) is 1.28. The van der Waals surface area contributed by atoms with Crippen LogP contribution in [-0.4, -0.2) is 34.7 Å². The van der Waals surface area contributed by atoms with E-state index in [0.717, 1.165) is 43.3 Å². The predicted molar refractivity (Wildman–Crippen MR) is 129 cm³/mol. The van der Waals surface area contributed by atoms with Gasteiger partial charge in [0.2, 0.25) is 5.95 Å². The number of benzene rings is 1. The minimum absolute atomic E-state index is 0.0325. The fraction of sp³-hybridized carbons (Fsp3) is 0.500. The van der Waals surface area contributed by atoms with Crippen LogP contribution in [-0.2, 0) is 5.41 Å². The van der Waals surface area contributed by atoms with Crippen LogP contribution in [0.5, 0.6) is 0 Å². The molecule has 0 atom stereocenters. The zero-order valence-corrected chi connectivity index (χ0v) is 19.3. The summed E-state index contributed by atoms with van der Waals surface area (Å²) < 4.78 is 0. The molecule has 1 aromatic carbocycles. The first-order valence-electron chi connectivity index (χ1n) is 10.6. The summed E-state index contributed by atoms with van der Waals surface area (Å²) in [5, 5.41) is 8.24. The van der Waals surface area contributed by atoms with Crippen molar-refractivity contribution in [3.05, 3.63) is 46.1 Å². The van der Waals surface area contributed by atoms with Crippen molar-refractivity contribution < 1.29 is 0 Å². The average molecular weight is 464 g/mol. The minimum atomic E-state index is 0.0325. The average Bonchev–Trinajstić information content (AvgIpc) is 3.28. The molecular weight excluding hydrogens is 437 g/mol. The summed E-state index contributed by atoms with van der Waals surface area (Å²) in [6.45, 7) is 2.74. The van der Waals surface area contributed by atoms with Gasteiger partial charge >= 0.3 is 0 Å². The first-order valence-corrected chi connectivity index (χ1v) is 11.8. The molecule has 8 heteroatoms. The molecule has 0 unspecified atom stereocenters. The van der Waals surface area contributed by atoms with Crippen LogP contribution in [0.15, 0.2) is 30.3 Å². The van der Waals surface area contributed by atoms with E-state index in [9.17, 15) is 0 Å². The molecule has 4 rings (SSSR count). The van der Waals surface area contributed by atoms with Gasteiger partial charge in [-0.3, -0.25) is 0 Å². The first-order chi connectivity index (χ1) is 14.5. The summed E-state index contributed by atoms with van der Waals surface area (Å²) in [4.78, 5) is 11.1. The number of rotatable bonds is 5. The van der Waals surface area contributed by atoms with Crippen LogP contribution < -0.4 is 15.5 Å². The second-order valence-corrected chi connectivity index (χ2v) is 9.46. The Balaban J connectivity index is 1.44. The van der Waals surface area contributed by atoms with Crippen molar-refractivity contribution >= 4 is 52.3 Å². The van der Waals surface area contributed by atoms with Gasteiger partial charge in [-0.15, -0.1) is 0 Å². The second-order valence-electron chi connectivity index (χ2n) is 8.23. The molecule has 160 valence electrons. The Bertz CT molecular complexity index is 895. The number of thiocarbonyl (C=S) groups is 1. The maximum absolute atomic E-state index is 6.29. The van der Waals surface area contributed by atoms with Crippen LogP contribution in [0.25, 0.3) is 0 Å². The Morgan fingerprint density at radius 1 is 1.03 bits per heavy atom.